The number of aromatic nitrogens is 1. The Morgan fingerprint density at radius 3 is 2.67 bits per heavy atom. The molecule has 0 spiro atoms. The van der Waals surface area contributed by atoms with Gasteiger partial charge in [0, 0.05) is 34.8 Å². The van der Waals surface area contributed by atoms with Crippen LogP contribution in [0.15, 0.2) is 28.9 Å². The van der Waals surface area contributed by atoms with Crippen LogP contribution in [0.5, 0.6) is 0 Å². The lowest BCUT2D eigenvalue weighted by molar-refractivity contribution is 0.311. The molecule has 2 aromatic rings. The summed E-state index contributed by atoms with van der Waals surface area (Å²) in [5.74, 6) is 1.63. The van der Waals surface area contributed by atoms with Crippen LogP contribution in [0.2, 0.25) is 0 Å². The number of rotatable bonds is 2. The molecular formula is C17H22BrN3. The van der Waals surface area contributed by atoms with Gasteiger partial charge in [-0.15, -0.1) is 0 Å². The molecule has 1 aliphatic rings. The maximum absolute atomic E-state index is 6.11. The van der Waals surface area contributed by atoms with E-state index in [-0.39, 0.29) is 0 Å². The molecule has 0 amide bonds. The van der Waals surface area contributed by atoms with E-state index in [9.17, 15) is 0 Å². The van der Waals surface area contributed by atoms with E-state index in [0.29, 0.717) is 0 Å². The molecule has 1 aliphatic heterocycles. The van der Waals surface area contributed by atoms with E-state index in [0.717, 1.165) is 46.0 Å². The zero-order valence-corrected chi connectivity index (χ0v) is 14.2. The number of piperidine rings is 1. The van der Waals surface area contributed by atoms with Crippen LogP contribution in [-0.4, -0.2) is 18.1 Å². The van der Waals surface area contributed by atoms with Gasteiger partial charge in [-0.3, -0.25) is 4.98 Å². The number of nitrogens with two attached hydrogens (primary N) is 1. The van der Waals surface area contributed by atoms with Gasteiger partial charge in [0.25, 0.3) is 0 Å². The minimum Gasteiger partial charge on any atom is -0.398 e. The van der Waals surface area contributed by atoms with E-state index in [1.165, 1.54) is 18.5 Å². The van der Waals surface area contributed by atoms with Crippen molar-refractivity contribution in [3.05, 3.63) is 28.9 Å². The van der Waals surface area contributed by atoms with Crippen molar-refractivity contribution in [1.29, 1.82) is 0 Å². The summed E-state index contributed by atoms with van der Waals surface area (Å²) in [6, 6.07) is 6.18. The molecule has 1 aromatic heterocycles. The Kier molecular flexibility index (Phi) is 4.07. The molecular weight excluding hydrogens is 326 g/mol. The summed E-state index contributed by atoms with van der Waals surface area (Å²) < 4.78 is 0.970. The fraction of sp³-hybridized carbons (Fsp3) is 0.471. The van der Waals surface area contributed by atoms with Gasteiger partial charge in [0.15, 0.2) is 0 Å². The number of nitrogen functional groups attached to an aromatic ring is 1. The van der Waals surface area contributed by atoms with E-state index in [1.807, 2.05) is 12.3 Å². The average Bonchev–Trinajstić information content (AvgIpc) is 2.48. The zero-order chi connectivity index (χ0) is 15.0. The van der Waals surface area contributed by atoms with Crippen molar-refractivity contribution >= 4 is 38.2 Å². The summed E-state index contributed by atoms with van der Waals surface area (Å²) in [5.41, 5.74) is 9.13. The Morgan fingerprint density at radius 2 is 2.00 bits per heavy atom. The van der Waals surface area contributed by atoms with Crippen LogP contribution >= 0.6 is 15.9 Å². The third kappa shape index (κ3) is 2.86. The molecule has 4 heteroatoms. The first kappa shape index (κ1) is 14.6. The monoisotopic (exact) mass is 347 g/mol. The molecule has 2 N–H and O–H groups in total. The van der Waals surface area contributed by atoms with Gasteiger partial charge >= 0.3 is 0 Å². The Bertz CT molecular complexity index is 646. The van der Waals surface area contributed by atoms with Gasteiger partial charge < -0.3 is 10.6 Å². The fourth-order valence-corrected chi connectivity index (χ4v) is 3.59. The third-order valence-corrected chi connectivity index (χ3v) is 5.09. The number of nitrogens with zero attached hydrogens (tertiary/aromatic N) is 2. The summed E-state index contributed by atoms with van der Waals surface area (Å²) >= 11 is 3.48. The molecule has 1 fully saturated rings. The Morgan fingerprint density at radius 1 is 1.29 bits per heavy atom. The van der Waals surface area contributed by atoms with Gasteiger partial charge in [-0.1, -0.05) is 13.8 Å². The highest BCUT2D eigenvalue weighted by molar-refractivity contribution is 9.10. The van der Waals surface area contributed by atoms with Gasteiger partial charge in [-0.2, -0.15) is 0 Å². The molecule has 0 bridgehead atoms. The third-order valence-electron chi connectivity index (χ3n) is 4.65. The van der Waals surface area contributed by atoms with E-state index >= 15 is 0 Å². The average molecular weight is 348 g/mol. The van der Waals surface area contributed by atoms with Crippen molar-refractivity contribution in [2.24, 2.45) is 11.8 Å². The molecule has 3 nitrogen and oxygen atoms in total. The second-order valence-corrected chi connectivity index (χ2v) is 7.21. The highest BCUT2D eigenvalue weighted by Crippen LogP contribution is 2.34. The summed E-state index contributed by atoms with van der Waals surface area (Å²) in [6.07, 6.45) is 4.38. The van der Waals surface area contributed by atoms with E-state index in [2.05, 4.69) is 51.8 Å². The van der Waals surface area contributed by atoms with Crippen molar-refractivity contribution in [2.75, 3.05) is 23.7 Å². The second-order valence-electron chi connectivity index (χ2n) is 6.29. The van der Waals surface area contributed by atoms with Crippen LogP contribution in [0.3, 0.4) is 0 Å². The van der Waals surface area contributed by atoms with Crippen molar-refractivity contribution in [3.8, 4) is 0 Å². The number of anilines is 2. The molecule has 1 saturated heterocycles. The summed E-state index contributed by atoms with van der Waals surface area (Å²) in [7, 11) is 0. The fourth-order valence-electron chi connectivity index (χ4n) is 3.26. The first-order valence-electron chi connectivity index (χ1n) is 7.65. The highest BCUT2D eigenvalue weighted by atomic mass is 79.9. The first-order valence-corrected chi connectivity index (χ1v) is 8.44. The summed E-state index contributed by atoms with van der Waals surface area (Å²) in [4.78, 5) is 7.06. The van der Waals surface area contributed by atoms with E-state index in [1.54, 1.807) is 0 Å². The molecule has 0 saturated carbocycles. The lowest BCUT2D eigenvalue weighted by Crippen LogP contribution is -2.35. The SMILES string of the molecule is CC(C)C1CCN(c2ccc(N)c3cc(Br)cnc23)CC1. The molecule has 1 aromatic carbocycles. The van der Waals surface area contributed by atoms with E-state index < -0.39 is 0 Å². The molecule has 0 unspecified atom stereocenters. The quantitative estimate of drug-likeness (QED) is 0.815. The predicted molar refractivity (Wildman–Crippen MR) is 93.6 cm³/mol. The Balaban J connectivity index is 1.93. The molecule has 3 rings (SSSR count). The van der Waals surface area contributed by atoms with Crippen LogP contribution in [0.1, 0.15) is 26.7 Å². The van der Waals surface area contributed by atoms with Crippen LogP contribution in [-0.2, 0) is 0 Å². The molecule has 0 radical (unpaired) electrons. The summed E-state index contributed by atoms with van der Waals surface area (Å²) in [6.45, 7) is 6.88. The lowest BCUT2D eigenvalue weighted by Gasteiger charge is -2.35. The van der Waals surface area contributed by atoms with Crippen molar-refractivity contribution in [3.63, 3.8) is 0 Å². The Labute approximate surface area is 134 Å². The topological polar surface area (TPSA) is 42.1 Å². The molecule has 0 aliphatic carbocycles. The predicted octanol–water partition coefficient (Wildman–Crippen LogP) is 4.45. The maximum Gasteiger partial charge on any atom is 0.0956 e. The van der Waals surface area contributed by atoms with Gasteiger partial charge in [-0.05, 0) is 58.8 Å². The van der Waals surface area contributed by atoms with Gasteiger partial charge in [0.1, 0.15) is 0 Å². The molecule has 21 heavy (non-hydrogen) atoms. The normalized spacial score (nSPS) is 16.9. The second kappa shape index (κ2) is 5.84. The minimum atomic E-state index is 0.782. The van der Waals surface area contributed by atoms with Crippen LogP contribution in [0, 0.1) is 11.8 Å². The van der Waals surface area contributed by atoms with E-state index in [4.69, 9.17) is 5.73 Å². The van der Waals surface area contributed by atoms with Gasteiger partial charge in [0.2, 0.25) is 0 Å². The molecule has 112 valence electrons. The van der Waals surface area contributed by atoms with Crippen molar-refractivity contribution < 1.29 is 0 Å². The van der Waals surface area contributed by atoms with Crippen LogP contribution in [0.25, 0.3) is 10.9 Å². The van der Waals surface area contributed by atoms with Crippen molar-refractivity contribution in [2.45, 2.75) is 26.7 Å². The van der Waals surface area contributed by atoms with Gasteiger partial charge in [0.05, 0.1) is 11.2 Å². The smallest absolute Gasteiger partial charge is 0.0956 e. The number of fused-ring (bicyclic) bond motifs is 1. The first-order chi connectivity index (χ1) is 10.1. The van der Waals surface area contributed by atoms with Gasteiger partial charge in [-0.25, -0.2) is 0 Å². The number of hydrogen-bond donors (Lipinski definition) is 1. The molecule has 2 heterocycles. The number of hydrogen-bond acceptors (Lipinski definition) is 3. The highest BCUT2D eigenvalue weighted by Gasteiger charge is 2.23. The zero-order valence-electron chi connectivity index (χ0n) is 12.6. The lowest BCUT2D eigenvalue weighted by atomic mass is 9.86. The number of halogens is 1. The Hall–Kier alpha value is -1.29. The standard InChI is InChI=1S/C17H22BrN3/c1-11(2)12-5-7-21(8-6-12)16-4-3-15(19)14-9-13(18)10-20-17(14)16/h3-4,9-12H,5-8,19H2,1-2H3. The minimum absolute atomic E-state index is 0.782. The maximum atomic E-state index is 6.11. The van der Waals surface area contributed by atoms with Crippen LogP contribution < -0.4 is 10.6 Å². The molecule has 0 atom stereocenters. The number of benzene rings is 1. The summed E-state index contributed by atoms with van der Waals surface area (Å²) in [5, 5.41) is 1.04. The van der Waals surface area contributed by atoms with Crippen molar-refractivity contribution in [1.82, 2.24) is 4.98 Å². The largest absolute Gasteiger partial charge is 0.398 e. The number of pyridine rings is 1. The van der Waals surface area contributed by atoms with Crippen LogP contribution in [0.4, 0.5) is 11.4 Å².